The predicted octanol–water partition coefficient (Wildman–Crippen LogP) is 2.83. The Kier molecular flexibility index (Phi) is 2.95. The van der Waals surface area contributed by atoms with Crippen LogP contribution in [0.5, 0.6) is 0 Å². The van der Waals surface area contributed by atoms with Gasteiger partial charge in [0.15, 0.2) is 0 Å². The average Bonchev–Trinajstić information content (AvgIpc) is 3.01. The maximum absolute atomic E-state index is 12.9. The molecule has 2 aliphatic heterocycles. The van der Waals surface area contributed by atoms with Crippen LogP contribution in [0.3, 0.4) is 0 Å². The summed E-state index contributed by atoms with van der Waals surface area (Å²) in [5.74, 6) is 0.843. The molecule has 3 aromatic rings. The standard InChI is InChI=1S/C19H18N4O/c24-18-15-8-7-13(16-6-1-3-9-20-16)11-17(15)21-19-22-10-4-2-5-14(22)12-23(18)19/h1,3,6-9,11,14H,2,4-5,10,12H2. The zero-order valence-corrected chi connectivity index (χ0v) is 13.4. The molecule has 2 aromatic heterocycles. The number of aromatic nitrogens is 3. The molecule has 0 spiro atoms. The van der Waals surface area contributed by atoms with Crippen LogP contribution in [0.15, 0.2) is 47.4 Å². The van der Waals surface area contributed by atoms with Crippen molar-refractivity contribution in [1.82, 2.24) is 14.5 Å². The Morgan fingerprint density at radius 2 is 2.08 bits per heavy atom. The largest absolute Gasteiger partial charge is 0.337 e. The van der Waals surface area contributed by atoms with Gasteiger partial charge in [-0.3, -0.25) is 14.3 Å². The molecule has 24 heavy (non-hydrogen) atoms. The van der Waals surface area contributed by atoms with Crippen molar-refractivity contribution >= 4 is 16.9 Å². The van der Waals surface area contributed by atoms with Crippen LogP contribution in [0.1, 0.15) is 19.3 Å². The van der Waals surface area contributed by atoms with E-state index < -0.39 is 0 Å². The maximum atomic E-state index is 12.9. The Balaban J connectivity index is 1.69. The summed E-state index contributed by atoms with van der Waals surface area (Å²) in [6, 6.07) is 12.1. The molecule has 4 heterocycles. The van der Waals surface area contributed by atoms with Crippen molar-refractivity contribution < 1.29 is 0 Å². The van der Waals surface area contributed by atoms with Crippen molar-refractivity contribution in [1.29, 1.82) is 0 Å². The number of pyridine rings is 1. The van der Waals surface area contributed by atoms with Gasteiger partial charge in [0.2, 0.25) is 5.95 Å². The van der Waals surface area contributed by atoms with Crippen LogP contribution >= 0.6 is 0 Å². The summed E-state index contributed by atoms with van der Waals surface area (Å²) in [6.07, 6.45) is 5.35. The second kappa shape index (κ2) is 5.16. The van der Waals surface area contributed by atoms with E-state index in [0.29, 0.717) is 11.4 Å². The third-order valence-electron chi connectivity index (χ3n) is 5.17. The van der Waals surface area contributed by atoms with Crippen LogP contribution in [0.25, 0.3) is 22.2 Å². The van der Waals surface area contributed by atoms with Crippen molar-refractivity contribution in [3.63, 3.8) is 0 Å². The first-order valence-electron chi connectivity index (χ1n) is 8.54. The quantitative estimate of drug-likeness (QED) is 0.692. The van der Waals surface area contributed by atoms with Gasteiger partial charge in [0.1, 0.15) is 0 Å². The molecule has 0 saturated carbocycles. The van der Waals surface area contributed by atoms with Crippen LogP contribution in [0.4, 0.5) is 5.95 Å². The van der Waals surface area contributed by atoms with Gasteiger partial charge in [-0.05, 0) is 43.5 Å². The van der Waals surface area contributed by atoms with Gasteiger partial charge in [0.25, 0.3) is 5.56 Å². The van der Waals surface area contributed by atoms with Gasteiger partial charge in [-0.1, -0.05) is 12.1 Å². The van der Waals surface area contributed by atoms with E-state index in [2.05, 4.69) is 9.88 Å². The minimum absolute atomic E-state index is 0.0805. The van der Waals surface area contributed by atoms with E-state index in [1.807, 2.05) is 41.0 Å². The maximum Gasteiger partial charge on any atom is 0.262 e. The summed E-state index contributed by atoms with van der Waals surface area (Å²) in [4.78, 5) is 24.5. The fourth-order valence-corrected chi connectivity index (χ4v) is 3.95. The van der Waals surface area contributed by atoms with Crippen LogP contribution < -0.4 is 10.5 Å². The summed E-state index contributed by atoms with van der Waals surface area (Å²) < 4.78 is 1.86. The number of hydrogen-bond acceptors (Lipinski definition) is 4. The third-order valence-corrected chi connectivity index (χ3v) is 5.17. The highest BCUT2D eigenvalue weighted by Crippen LogP contribution is 2.31. The molecular weight excluding hydrogens is 300 g/mol. The monoisotopic (exact) mass is 318 g/mol. The Morgan fingerprint density at radius 1 is 1.12 bits per heavy atom. The second-order valence-electron chi connectivity index (χ2n) is 6.62. The lowest BCUT2D eigenvalue weighted by molar-refractivity contribution is 0.459. The first-order chi connectivity index (χ1) is 11.8. The molecule has 0 amide bonds. The molecule has 0 aliphatic carbocycles. The molecule has 5 rings (SSSR count). The number of piperidine rings is 1. The van der Waals surface area contributed by atoms with E-state index in [1.54, 1.807) is 6.20 Å². The topological polar surface area (TPSA) is 51.0 Å². The first kappa shape index (κ1) is 13.7. The fourth-order valence-electron chi connectivity index (χ4n) is 3.95. The molecule has 1 saturated heterocycles. The van der Waals surface area contributed by atoms with Gasteiger partial charge in [0, 0.05) is 30.9 Å². The van der Waals surface area contributed by atoms with Gasteiger partial charge < -0.3 is 4.90 Å². The van der Waals surface area contributed by atoms with Gasteiger partial charge >= 0.3 is 0 Å². The molecule has 120 valence electrons. The van der Waals surface area contributed by atoms with E-state index in [-0.39, 0.29) is 5.56 Å². The Hall–Kier alpha value is -2.69. The zero-order chi connectivity index (χ0) is 16.1. The average molecular weight is 318 g/mol. The highest BCUT2D eigenvalue weighted by atomic mass is 16.1. The number of benzene rings is 1. The lowest BCUT2D eigenvalue weighted by atomic mass is 10.0. The highest BCUT2D eigenvalue weighted by Gasteiger charge is 2.33. The molecule has 5 heteroatoms. The molecule has 1 unspecified atom stereocenters. The third kappa shape index (κ3) is 1.97. The van der Waals surface area contributed by atoms with Crippen LogP contribution in [-0.4, -0.2) is 27.1 Å². The number of hydrogen-bond donors (Lipinski definition) is 0. The minimum atomic E-state index is 0.0805. The van der Waals surface area contributed by atoms with Gasteiger partial charge in [-0.2, -0.15) is 0 Å². The summed E-state index contributed by atoms with van der Waals surface area (Å²) in [7, 11) is 0. The molecule has 2 aliphatic rings. The first-order valence-corrected chi connectivity index (χ1v) is 8.54. The highest BCUT2D eigenvalue weighted by molar-refractivity contribution is 5.84. The lowest BCUT2D eigenvalue weighted by Crippen LogP contribution is -2.36. The fraction of sp³-hybridized carbons (Fsp3) is 0.316. The SMILES string of the molecule is O=c1c2ccc(-c3ccccn3)cc2nc2n1CC1CCCCN21. The summed E-state index contributed by atoms with van der Waals surface area (Å²) in [5, 5.41) is 0.693. The minimum Gasteiger partial charge on any atom is -0.337 e. The summed E-state index contributed by atoms with van der Waals surface area (Å²) in [6.45, 7) is 1.78. The van der Waals surface area contributed by atoms with Crippen LogP contribution in [0.2, 0.25) is 0 Å². The van der Waals surface area contributed by atoms with E-state index in [9.17, 15) is 4.79 Å². The zero-order valence-electron chi connectivity index (χ0n) is 13.4. The van der Waals surface area contributed by atoms with Crippen molar-refractivity contribution in [2.45, 2.75) is 31.8 Å². The molecule has 0 N–H and O–H groups in total. The number of rotatable bonds is 1. The van der Waals surface area contributed by atoms with Crippen molar-refractivity contribution in [3.8, 4) is 11.3 Å². The molecule has 0 radical (unpaired) electrons. The number of fused-ring (bicyclic) bond motifs is 4. The molecule has 1 atom stereocenters. The second-order valence-corrected chi connectivity index (χ2v) is 6.62. The van der Waals surface area contributed by atoms with Crippen LogP contribution in [-0.2, 0) is 6.54 Å². The lowest BCUT2D eigenvalue weighted by Gasteiger charge is -2.29. The number of nitrogens with zero attached hydrogens (tertiary/aromatic N) is 4. The van der Waals surface area contributed by atoms with E-state index >= 15 is 0 Å². The van der Waals surface area contributed by atoms with Crippen LogP contribution in [0, 0.1) is 0 Å². The molecule has 5 nitrogen and oxygen atoms in total. The van der Waals surface area contributed by atoms with Crippen molar-refractivity contribution in [2.75, 3.05) is 11.4 Å². The molecule has 0 bridgehead atoms. The van der Waals surface area contributed by atoms with Gasteiger partial charge in [-0.25, -0.2) is 4.98 Å². The van der Waals surface area contributed by atoms with E-state index in [1.165, 1.54) is 12.8 Å². The summed E-state index contributed by atoms with van der Waals surface area (Å²) >= 11 is 0. The Bertz CT molecular complexity index is 980. The Labute approximate surface area is 139 Å². The van der Waals surface area contributed by atoms with Gasteiger partial charge in [0.05, 0.1) is 16.6 Å². The molecule has 1 fully saturated rings. The summed E-state index contributed by atoms with van der Waals surface area (Å²) in [5.41, 5.74) is 2.74. The predicted molar refractivity (Wildman–Crippen MR) is 94.2 cm³/mol. The van der Waals surface area contributed by atoms with Gasteiger partial charge in [-0.15, -0.1) is 0 Å². The molecular formula is C19H18N4O. The number of anilines is 1. The molecule has 1 aromatic carbocycles. The van der Waals surface area contributed by atoms with E-state index in [4.69, 9.17) is 4.98 Å². The van der Waals surface area contributed by atoms with Crippen molar-refractivity contribution in [2.24, 2.45) is 0 Å². The normalized spacial score (nSPS) is 19.3. The van der Waals surface area contributed by atoms with E-state index in [0.717, 1.165) is 42.2 Å². The Morgan fingerprint density at radius 3 is 2.96 bits per heavy atom. The smallest absolute Gasteiger partial charge is 0.262 e. The van der Waals surface area contributed by atoms with Crippen molar-refractivity contribution in [3.05, 3.63) is 52.9 Å².